The number of carbonyl (C=O) groups is 1. The van der Waals surface area contributed by atoms with E-state index in [1.165, 1.54) is 22.6 Å². The van der Waals surface area contributed by atoms with Gasteiger partial charge in [-0.05, 0) is 26.4 Å². The molecule has 0 aliphatic carbocycles. The Balaban J connectivity index is 1.45. The molecule has 2 aliphatic heterocycles. The van der Waals surface area contributed by atoms with E-state index >= 15 is 0 Å². The van der Waals surface area contributed by atoms with Gasteiger partial charge in [-0.25, -0.2) is 15.0 Å². The normalized spacial score (nSPS) is 21.2. The van der Waals surface area contributed by atoms with Gasteiger partial charge < -0.3 is 10.2 Å². The molecule has 1 fully saturated rings. The van der Waals surface area contributed by atoms with E-state index in [0.717, 1.165) is 44.7 Å². The zero-order valence-corrected chi connectivity index (χ0v) is 15.1. The molecule has 2 aromatic heterocycles. The first-order valence-electron chi connectivity index (χ1n) is 8.65. The molecule has 2 aromatic rings. The van der Waals surface area contributed by atoms with Crippen molar-refractivity contribution in [3.63, 3.8) is 0 Å². The highest BCUT2D eigenvalue weighted by atomic mass is 32.1. The fourth-order valence-corrected chi connectivity index (χ4v) is 4.11. The van der Waals surface area contributed by atoms with E-state index in [1.807, 2.05) is 11.6 Å². The van der Waals surface area contributed by atoms with E-state index in [4.69, 9.17) is 4.98 Å². The van der Waals surface area contributed by atoms with E-state index in [9.17, 15) is 4.79 Å². The highest BCUT2D eigenvalue weighted by Gasteiger charge is 2.30. The van der Waals surface area contributed by atoms with Gasteiger partial charge in [0.1, 0.15) is 5.82 Å². The second kappa shape index (κ2) is 7.15. The average Bonchev–Trinajstić information content (AvgIpc) is 3.26. The second-order valence-electron chi connectivity index (χ2n) is 6.70. The maximum Gasteiger partial charge on any atom is 0.240 e. The number of hydrogen-bond acceptors (Lipinski definition) is 7. The van der Waals surface area contributed by atoms with Gasteiger partial charge in [0.25, 0.3) is 0 Å². The van der Waals surface area contributed by atoms with Crippen LogP contribution in [-0.4, -0.2) is 57.3 Å². The van der Waals surface area contributed by atoms with Gasteiger partial charge in [-0.15, -0.1) is 11.3 Å². The van der Waals surface area contributed by atoms with E-state index in [1.54, 1.807) is 6.20 Å². The largest absolute Gasteiger partial charge is 0.302 e. The van der Waals surface area contributed by atoms with Crippen LogP contribution in [0.2, 0.25) is 0 Å². The standard InChI is InChI=1S/C17H22N6OS/c1-22-7-4-13-12(10-22)9-19-16(20-13)14-3-2-6-23(14)11-15(24)21-17-18-5-8-25-17/h5,8-9,14H,2-4,6-7,10-11H2,1H3,(H,18,21,24)/t14-/m0/s1. The Kier molecular flexibility index (Phi) is 4.74. The van der Waals surface area contributed by atoms with Crippen molar-refractivity contribution >= 4 is 22.4 Å². The maximum atomic E-state index is 12.3. The molecule has 0 bridgehead atoms. The highest BCUT2D eigenvalue weighted by molar-refractivity contribution is 7.13. The summed E-state index contributed by atoms with van der Waals surface area (Å²) in [7, 11) is 2.12. The summed E-state index contributed by atoms with van der Waals surface area (Å²) in [5.41, 5.74) is 2.39. The Morgan fingerprint density at radius 1 is 1.40 bits per heavy atom. The van der Waals surface area contributed by atoms with Crippen LogP contribution in [0.15, 0.2) is 17.8 Å². The van der Waals surface area contributed by atoms with Crippen molar-refractivity contribution in [1.82, 2.24) is 24.8 Å². The molecule has 0 saturated carbocycles. The summed E-state index contributed by atoms with van der Waals surface area (Å²) < 4.78 is 0. The molecule has 1 saturated heterocycles. The van der Waals surface area contributed by atoms with Crippen molar-refractivity contribution < 1.29 is 4.79 Å². The first-order valence-corrected chi connectivity index (χ1v) is 9.53. The lowest BCUT2D eigenvalue weighted by Crippen LogP contribution is -2.34. The number of anilines is 1. The third-order valence-electron chi connectivity index (χ3n) is 4.83. The first-order chi connectivity index (χ1) is 12.2. The number of thiazole rings is 1. The molecule has 1 atom stereocenters. The van der Waals surface area contributed by atoms with Crippen molar-refractivity contribution in [3.05, 3.63) is 34.9 Å². The zero-order chi connectivity index (χ0) is 17.2. The summed E-state index contributed by atoms with van der Waals surface area (Å²) >= 11 is 1.43. The van der Waals surface area contributed by atoms with Gasteiger partial charge in [0.2, 0.25) is 5.91 Å². The number of nitrogens with one attached hydrogen (secondary N) is 1. The number of fused-ring (bicyclic) bond motifs is 1. The number of nitrogens with zero attached hydrogens (tertiary/aromatic N) is 5. The minimum Gasteiger partial charge on any atom is -0.302 e. The molecular formula is C17H22N6OS. The van der Waals surface area contributed by atoms with Gasteiger partial charge in [-0.1, -0.05) is 0 Å². The Morgan fingerprint density at radius 3 is 3.16 bits per heavy atom. The molecule has 7 nitrogen and oxygen atoms in total. The van der Waals surface area contributed by atoms with Gasteiger partial charge in [0.05, 0.1) is 12.6 Å². The molecule has 8 heteroatoms. The van der Waals surface area contributed by atoms with Crippen molar-refractivity contribution in [1.29, 1.82) is 0 Å². The van der Waals surface area contributed by atoms with Crippen LogP contribution in [0.3, 0.4) is 0 Å². The van der Waals surface area contributed by atoms with Crippen molar-refractivity contribution in [2.24, 2.45) is 0 Å². The summed E-state index contributed by atoms with van der Waals surface area (Å²) in [6.45, 7) is 3.21. The van der Waals surface area contributed by atoms with Crippen LogP contribution in [0.1, 0.15) is 36.0 Å². The summed E-state index contributed by atoms with van der Waals surface area (Å²) in [5.74, 6) is 0.837. The highest BCUT2D eigenvalue weighted by Crippen LogP contribution is 2.30. The Morgan fingerprint density at radius 2 is 2.32 bits per heavy atom. The number of carbonyl (C=O) groups excluding carboxylic acids is 1. The lowest BCUT2D eigenvalue weighted by Gasteiger charge is -2.26. The molecule has 1 N–H and O–H groups in total. The van der Waals surface area contributed by atoms with Crippen LogP contribution in [0.4, 0.5) is 5.13 Å². The molecule has 4 rings (SSSR count). The molecule has 0 spiro atoms. The average molecular weight is 358 g/mol. The third-order valence-corrected chi connectivity index (χ3v) is 5.52. The molecule has 25 heavy (non-hydrogen) atoms. The van der Waals surface area contributed by atoms with Crippen LogP contribution < -0.4 is 5.32 Å². The first kappa shape index (κ1) is 16.6. The van der Waals surface area contributed by atoms with Crippen molar-refractivity contribution in [2.45, 2.75) is 31.8 Å². The third kappa shape index (κ3) is 3.70. The van der Waals surface area contributed by atoms with Crippen molar-refractivity contribution in [3.8, 4) is 0 Å². The molecule has 4 heterocycles. The molecule has 0 radical (unpaired) electrons. The Labute approximate surface area is 151 Å². The zero-order valence-electron chi connectivity index (χ0n) is 14.3. The van der Waals surface area contributed by atoms with Gasteiger partial charge in [-0.3, -0.25) is 9.69 Å². The van der Waals surface area contributed by atoms with Crippen LogP contribution in [-0.2, 0) is 17.8 Å². The topological polar surface area (TPSA) is 74.2 Å². The van der Waals surface area contributed by atoms with E-state index < -0.39 is 0 Å². The Bertz CT molecular complexity index is 750. The van der Waals surface area contributed by atoms with Crippen LogP contribution in [0.5, 0.6) is 0 Å². The minimum absolute atomic E-state index is 0.0264. The summed E-state index contributed by atoms with van der Waals surface area (Å²) in [6, 6.07) is 0.131. The minimum atomic E-state index is -0.0264. The number of hydrogen-bond donors (Lipinski definition) is 1. The number of aromatic nitrogens is 3. The van der Waals surface area contributed by atoms with Gasteiger partial charge in [0.15, 0.2) is 5.13 Å². The second-order valence-corrected chi connectivity index (χ2v) is 7.60. The maximum absolute atomic E-state index is 12.3. The molecule has 132 valence electrons. The molecular weight excluding hydrogens is 336 g/mol. The van der Waals surface area contributed by atoms with E-state index in [0.29, 0.717) is 11.7 Å². The predicted molar refractivity (Wildman–Crippen MR) is 96.4 cm³/mol. The fraction of sp³-hybridized carbons (Fsp3) is 0.529. The van der Waals surface area contributed by atoms with Gasteiger partial charge in [-0.2, -0.15) is 0 Å². The van der Waals surface area contributed by atoms with Crippen LogP contribution in [0.25, 0.3) is 0 Å². The quantitative estimate of drug-likeness (QED) is 0.897. The predicted octanol–water partition coefficient (Wildman–Crippen LogP) is 1.70. The van der Waals surface area contributed by atoms with E-state index in [2.05, 4.69) is 32.1 Å². The smallest absolute Gasteiger partial charge is 0.240 e. The van der Waals surface area contributed by atoms with Crippen LogP contribution in [0, 0.1) is 0 Å². The van der Waals surface area contributed by atoms with Crippen LogP contribution >= 0.6 is 11.3 Å². The molecule has 2 aliphatic rings. The fourth-order valence-electron chi connectivity index (χ4n) is 3.57. The summed E-state index contributed by atoms with van der Waals surface area (Å²) in [4.78, 5) is 30.3. The van der Waals surface area contributed by atoms with E-state index in [-0.39, 0.29) is 11.9 Å². The molecule has 1 amide bonds. The monoisotopic (exact) mass is 358 g/mol. The number of likely N-dealkylation sites (N-methyl/N-ethyl adjacent to an activating group) is 1. The van der Waals surface area contributed by atoms with Crippen molar-refractivity contribution in [2.75, 3.05) is 32.0 Å². The Hall–Kier alpha value is -1.90. The summed E-state index contributed by atoms with van der Waals surface area (Å²) in [5, 5.41) is 5.36. The number of likely N-dealkylation sites (tertiary alicyclic amines) is 1. The SMILES string of the molecule is CN1CCc2nc([C@@H]3CCCN3CC(=O)Nc3nccs3)ncc2C1. The lowest BCUT2D eigenvalue weighted by molar-refractivity contribution is -0.117. The summed E-state index contributed by atoms with van der Waals surface area (Å²) in [6.07, 6.45) is 6.71. The van der Waals surface area contributed by atoms with Gasteiger partial charge in [0, 0.05) is 48.5 Å². The number of rotatable bonds is 4. The molecule has 0 unspecified atom stereocenters. The number of amides is 1. The molecule has 0 aromatic carbocycles. The van der Waals surface area contributed by atoms with Gasteiger partial charge >= 0.3 is 0 Å². The lowest BCUT2D eigenvalue weighted by atomic mass is 10.1.